The maximum atomic E-state index is 12.3. The second-order valence-corrected chi connectivity index (χ2v) is 6.77. The summed E-state index contributed by atoms with van der Waals surface area (Å²) in [4.78, 5) is 11.8. The minimum absolute atomic E-state index is 0.136. The lowest BCUT2D eigenvalue weighted by molar-refractivity contribution is -0.117. The third-order valence-electron chi connectivity index (χ3n) is 3.43. The molecule has 17 heavy (non-hydrogen) atoms. The van der Waals surface area contributed by atoms with E-state index < -0.39 is 15.1 Å². The quantitative estimate of drug-likeness (QED) is 0.810. The smallest absolute Gasteiger partial charge is 0.188 e. The largest absolute Gasteiger partial charge is 0.298 e. The first-order valence-corrected chi connectivity index (χ1v) is 7.31. The molecule has 4 heteroatoms. The van der Waals surface area contributed by atoms with Crippen LogP contribution in [-0.4, -0.2) is 19.5 Å². The van der Waals surface area contributed by atoms with Gasteiger partial charge in [-0.1, -0.05) is 6.07 Å². The van der Waals surface area contributed by atoms with Gasteiger partial charge in [-0.3, -0.25) is 4.79 Å². The summed E-state index contributed by atoms with van der Waals surface area (Å²) in [6, 6.07) is 5.06. The van der Waals surface area contributed by atoms with Crippen LogP contribution in [0.3, 0.4) is 0 Å². The number of benzene rings is 1. The van der Waals surface area contributed by atoms with Gasteiger partial charge >= 0.3 is 0 Å². The van der Waals surface area contributed by atoms with E-state index in [1.165, 1.54) is 0 Å². The van der Waals surface area contributed by atoms with E-state index in [9.17, 15) is 13.2 Å². The Hall–Kier alpha value is -1.16. The number of hydrogen-bond donors (Lipinski definition) is 0. The number of carbonyl (C=O) groups excluding carboxylic acids is 1. The van der Waals surface area contributed by atoms with Crippen LogP contribution in [-0.2, 0) is 14.6 Å². The van der Waals surface area contributed by atoms with Gasteiger partial charge in [-0.25, -0.2) is 8.42 Å². The highest BCUT2D eigenvalue weighted by molar-refractivity contribution is 7.92. The minimum Gasteiger partial charge on any atom is -0.298 e. The molecule has 1 aliphatic carbocycles. The minimum atomic E-state index is -3.48. The molecule has 0 aromatic heterocycles. The maximum Gasteiger partial charge on any atom is 0.188 e. The average Bonchev–Trinajstić information content (AvgIpc) is 2.69. The Labute approximate surface area is 102 Å². The van der Waals surface area contributed by atoms with Crippen LogP contribution in [0.1, 0.15) is 30.4 Å². The van der Waals surface area contributed by atoms with Gasteiger partial charge in [0.25, 0.3) is 0 Å². The van der Waals surface area contributed by atoms with Crippen molar-refractivity contribution in [1.82, 2.24) is 0 Å². The van der Waals surface area contributed by atoms with Crippen LogP contribution in [0.5, 0.6) is 0 Å². The zero-order chi connectivity index (χ0) is 12.6. The van der Waals surface area contributed by atoms with Crippen molar-refractivity contribution < 1.29 is 13.2 Å². The van der Waals surface area contributed by atoms with Crippen LogP contribution in [0.15, 0.2) is 23.1 Å². The predicted octanol–water partition coefficient (Wildman–Crippen LogP) is 2.20. The van der Waals surface area contributed by atoms with E-state index in [-0.39, 0.29) is 10.7 Å². The Morgan fingerprint density at radius 3 is 2.41 bits per heavy atom. The number of rotatable bonds is 2. The van der Waals surface area contributed by atoms with Gasteiger partial charge in [-0.2, -0.15) is 0 Å². The molecule has 92 valence electrons. The second-order valence-electron chi connectivity index (χ2n) is 4.64. The third kappa shape index (κ3) is 2.14. The van der Waals surface area contributed by atoms with Crippen molar-refractivity contribution >= 4 is 15.6 Å². The normalized spacial score (nSPS) is 20.8. The van der Waals surface area contributed by atoms with Gasteiger partial charge in [-0.05, 0) is 49.9 Å². The zero-order valence-corrected chi connectivity index (χ0v) is 10.9. The molecule has 0 aliphatic heterocycles. The topological polar surface area (TPSA) is 51.2 Å². The monoisotopic (exact) mass is 252 g/mol. The summed E-state index contributed by atoms with van der Waals surface area (Å²) in [6.07, 6.45) is 1.55. The number of ketones is 1. The van der Waals surface area contributed by atoms with Crippen LogP contribution < -0.4 is 0 Å². The van der Waals surface area contributed by atoms with Gasteiger partial charge < -0.3 is 0 Å². The van der Waals surface area contributed by atoms with Crippen LogP contribution >= 0.6 is 0 Å². The predicted molar refractivity (Wildman–Crippen MR) is 65.7 cm³/mol. The van der Waals surface area contributed by atoms with E-state index in [1.807, 2.05) is 13.8 Å². The fourth-order valence-corrected chi connectivity index (χ4v) is 4.04. The van der Waals surface area contributed by atoms with Crippen molar-refractivity contribution in [2.75, 3.05) is 0 Å². The molecule has 0 saturated heterocycles. The van der Waals surface area contributed by atoms with Gasteiger partial charge in [0.2, 0.25) is 0 Å². The first-order chi connectivity index (χ1) is 7.93. The molecule has 1 aliphatic rings. The van der Waals surface area contributed by atoms with E-state index in [1.54, 1.807) is 18.2 Å². The molecule has 0 bridgehead atoms. The van der Waals surface area contributed by atoms with Gasteiger partial charge in [0.1, 0.15) is 5.25 Å². The van der Waals surface area contributed by atoms with Crippen molar-refractivity contribution in [2.24, 2.45) is 0 Å². The van der Waals surface area contributed by atoms with Crippen molar-refractivity contribution in [3.8, 4) is 0 Å². The zero-order valence-electron chi connectivity index (χ0n) is 10.1. The standard InChI is InChI=1S/C13H16O3S/c1-9-6-7-11(8-10(9)2)17(15,16)13-5-3-4-12(13)14/h6-8,13H,3-5H2,1-2H3. The number of Topliss-reactive ketones (excluding diaryl/α,β-unsaturated/α-hetero) is 1. The molecule has 0 spiro atoms. The molecule has 1 aromatic rings. The van der Waals surface area contributed by atoms with E-state index in [0.717, 1.165) is 11.1 Å². The molecular formula is C13H16O3S. The molecule has 1 aromatic carbocycles. The fourth-order valence-electron chi connectivity index (χ4n) is 2.17. The fraction of sp³-hybridized carbons (Fsp3) is 0.462. The Morgan fingerprint density at radius 1 is 1.18 bits per heavy atom. The highest BCUT2D eigenvalue weighted by Crippen LogP contribution is 2.28. The summed E-state index contributed by atoms with van der Waals surface area (Å²) in [5.41, 5.74) is 2.00. The van der Waals surface area contributed by atoms with Crippen LogP contribution in [0.2, 0.25) is 0 Å². The van der Waals surface area contributed by atoms with Gasteiger partial charge in [0, 0.05) is 6.42 Å². The lowest BCUT2D eigenvalue weighted by Gasteiger charge is -2.11. The van der Waals surface area contributed by atoms with E-state index in [4.69, 9.17) is 0 Å². The molecule has 0 amide bonds. The lowest BCUT2D eigenvalue weighted by atomic mass is 10.1. The average molecular weight is 252 g/mol. The number of aryl methyl sites for hydroxylation is 2. The second kappa shape index (κ2) is 4.26. The molecule has 1 saturated carbocycles. The molecule has 3 nitrogen and oxygen atoms in total. The van der Waals surface area contributed by atoms with Gasteiger partial charge in [0.05, 0.1) is 4.90 Å². The van der Waals surface area contributed by atoms with Crippen molar-refractivity contribution in [3.05, 3.63) is 29.3 Å². The van der Waals surface area contributed by atoms with Crippen molar-refractivity contribution in [1.29, 1.82) is 0 Å². The molecule has 1 unspecified atom stereocenters. The highest BCUT2D eigenvalue weighted by atomic mass is 32.2. The summed E-state index contributed by atoms with van der Waals surface area (Å²) < 4.78 is 24.6. The first-order valence-electron chi connectivity index (χ1n) is 5.77. The van der Waals surface area contributed by atoms with Crippen LogP contribution in [0.25, 0.3) is 0 Å². The van der Waals surface area contributed by atoms with Crippen molar-refractivity contribution in [2.45, 2.75) is 43.3 Å². The number of sulfone groups is 1. The van der Waals surface area contributed by atoms with E-state index in [2.05, 4.69) is 0 Å². The molecule has 0 radical (unpaired) electrons. The molecule has 2 rings (SSSR count). The third-order valence-corrected chi connectivity index (χ3v) is 5.59. The SMILES string of the molecule is Cc1ccc(S(=O)(=O)C2CCCC2=O)cc1C. The summed E-state index contributed by atoms with van der Waals surface area (Å²) in [5.74, 6) is -0.136. The van der Waals surface area contributed by atoms with Gasteiger partial charge in [0.15, 0.2) is 15.6 Å². The first kappa shape index (κ1) is 12.3. The van der Waals surface area contributed by atoms with Crippen LogP contribution in [0, 0.1) is 13.8 Å². The van der Waals surface area contributed by atoms with Crippen molar-refractivity contribution in [3.63, 3.8) is 0 Å². The highest BCUT2D eigenvalue weighted by Gasteiger charge is 2.37. The Morgan fingerprint density at radius 2 is 1.88 bits per heavy atom. The Bertz CT molecular complexity index is 558. The van der Waals surface area contributed by atoms with Crippen LogP contribution in [0.4, 0.5) is 0 Å². The number of carbonyl (C=O) groups is 1. The molecule has 1 fully saturated rings. The molecule has 0 heterocycles. The summed E-state index contributed by atoms with van der Waals surface area (Å²) in [5, 5.41) is -0.815. The molecule has 1 atom stereocenters. The molecular weight excluding hydrogens is 236 g/mol. The molecule has 0 N–H and O–H groups in total. The lowest BCUT2D eigenvalue weighted by Crippen LogP contribution is -2.25. The summed E-state index contributed by atoms with van der Waals surface area (Å²) in [7, 11) is -3.48. The maximum absolute atomic E-state index is 12.3. The summed E-state index contributed by atoms with van der Waals surface area (Å²) >= 11 is 0. The van der Waals surface area contributed by atoms with Gasteiger partial charge in [-0.15, -0.1) is 0 Å². The number of hydrogen-bond acceptors (Lipinski definition) is 3. The van der Waals surface area contributed by atoms with E-state index in [0.29, 0.717) is 19.3 Å². The van der Waals surface area contributed by atoms with E-state index >= 15 is 0 Å². The Kier molecular flexibility index (Phi) is 3.08. The Balaban J connectivity index is 2.44. The summed E-state index contributed by atoms with van der Waals surface area (Å²) in [6.45, 7) is 3.82.